The summed E-state index contributed by atoms with van der Waals surface area (Å²) in [4.78, 5) is 0. The summed E-state index contributed by atoms with van der Waals surface area (Å²) >= 11 is 1.62. The number of hydrogen-bond donors (Lipinski definition) is 0. The average Bonchev–Trinajstić information content (AvgIpc) is 2.48. The first kappa shape index (κ1) is 8.70. The van der Waals surface area contributed by atoms with Gasteiger partial charge in [-0.15, -0.1) is 0 Å². The van der Waals surface area contributed by atoms with E-state index in [2.05, 4.69) is 43.3 Å². The highest BCUT2D eigenvalue weighted by atomic mass is 32.1. The van der Waals surface area contributed by atoms with Gasteiger partial charge >= 0.3 is 0 Å². The van der Waals surface area contributed by atoms with Crippen LogP contribution in [-0.2, 0) is 0 Å². The molecule has 0 N–H and O–H groups in total. The second kappa shape index (κ2) is 3.11. The largest absolute Gasteiger partial charge is 0.196 e. The maximum absolute atomic E-state index is 4.50. The molecule has 0 saturated carbocycles. The zero-order chi connectivity index (χ0) is 9.42. The van der Waals surface area contributed by atoms with Gasteiger partial charge in [-0.25, -0.2) is 0 Å². The average molecular weight is 191 g/mol. The van der Waals surface area contributed by atoms with E-state index in [-0.39, 0.29) is 0 Å². The molecule has 0 bridgehead atoms. The van der Waals surface area contributed by atoms with Gasteiger partial charge in [-0.1, -0.05) is 32.0 Å². The molecular formula is C11H13NS. The van der Waals surface area contributed by atoms with Gasteiger partial charge in [0.25, 0.3) is 0 Å². The van der Waals surface area contributed by atoms with Gasteiger partial charge in [-0.2, -0.15) is 4.37 Å². The highest BCUT2D eigenvalue weighted by Gasteiger charge is 2.09. The van der Waals surface area contributed by atoms with Gasteiger partial charge in [0.15, 0.2) is 0 Å². The van der Waals surface area contributed by atoms with E-state index in [0.29, 0.717) is 5.92 Å². The van der Waals surface area contributed by atoms with Crippen molar-refractivity contribution in [2.75, 3.05) is 0 Å². The van der Waals surface area contributed by atoms with Crippen LogP contribution >= 0.6 is 11.5 Å². The molecule has 13 heavy (non-hydrogen) atoms. The Morgan fingerprint density at radius 3 is 2.77 bits per heavy atom. The summed E-state index contributed by atoms with van der Waals surface area (Å²) in [6.45, 7) is 6.53. The lowest BCUT2D eigenvalue weighted by atomic mass is 10.1. The lowest BCUT2D eigenvalue weighted by Crippen LogP contribution is -1.86. The molecule has 1 heterocycles. The van der Waals surface area contributed by atoms with Crippen LogP contribution in [0.5, 0.6) is 0 Å². The quantitative estimate of drug-likeness (QED) is 0.669. The number of aromatic nitrogens is 1. The van der Waals surface area contributed by atoms with E-state index in [1.54, 1.807) is 11.5 Å². The molecule has 2 rings (SSSR count). The van der Waals surface area contributed by atoms with Crippen LogP contribution in [0.15, 0.2) is 18.2 Å². The Hall–Kier alpha value is -0.890. The Balaban J connectivity index is 2.75. The Morgan fingerprint density at radius 1 is 1.31 bits per heavy atom. The monoisotopic (exact) mass is 191 g/mol. The summed E-state index contributed by atoms with van der Waals surface area (Å²) in [7, 11) is 0. The second-order valence-corrected chi connectivity index (χ2v) is 4.45. The Labute approximate surface area is 82.6 Å². The molecule has 0 aliphatic rings. The van der Waals surface area contributed by atoms with Crippen LogP contribution in [-0.4, -0.2) is 4.37 Å². The molecule has 0 radical (unpaired) electrons. The number of aryl methyl sites for hydroxylation is 1. The normalized spacial score (nSPS) is 11.4. The minimum Gasteiger partial charge on any atom is -0.196 e. The third-order valence-electron chi connectivity index (χ3n) is 2.27. The van der Waals surface area contributed by atoms with Gasteiger partial charge in [0, 0.05) is 5.39 Å². The summed E-state index contributed by atoms with van der Waals surface area (Å²) in [5, 5.41) is 1.33. The fourth-order valence-corrected chi connectivity index (χ4v) is 2.52. The van der Waals surface area contributed by atoms with Crippen molar-refractivity contribution in [1.29, 1.82) is 0 Å². The van der Waals surface area contributed by atoms with E-state index in [9.17, 15) is 0 Å². The highest BCUT2D eigenvalue weighted by Crippen LogP contribution is 2.29. The fraction of sp³-hybridized carbons (Fsp3) is 0.364. The molecule has 1 aromatic carbocycles. The summed E-state index contributed by atoms with van der Waals surface area (Å²) in [6.07, 6.45) is 0. The maximum atomic E-state index is 4.50. The van der Waals surface area contributed by atoms with Crippen molar-refractivity contribution in [3.8, 4) is 0 Å². The second-order valence-electron chi connectivity index (χ2n) is 3.67. The van der Waals surface area contributed by atoms with Crippen molar-refractivity contribution in [2.24, 2.45) is 0 Å². The van der Waals surface area contributed by atoms with E-state index in [1.165, 1.54) is 21.3 Å². The Bertz CT molecular complexity index is 429. The van der Waals surface area contributed by atoms with Crippen LogP contribution in [0.3, 0.4) is 0 Å². The van der Waals surface area contributed by atoms with Crippen molar-refractivity contribution >= 4 is 21.6 Å². The van der Waals surface area contributed by atoms with Gasteiger partial charge in [-0.3, -0.25) is 0 Å². The van der Waals surface area contributed by atoms with E-state index in [1.807, 2.05) is 0 Å². The lowest BCUT2D eigenvalue weighted by molar-refractivity contribution is 0.850. The van der Waals surface area contributed by atoms with Crippen molar-refractivity contribution < 1.29 is 0 Å². The molecular weight excluding hydrogens is 178 g/mol. The van der Waals surface area contributed by atoms with Crippen LogP contribution in [0.2, 0.25) is 0 Å². The van der Waals surface area contributed by atoms with Gasteiger partial charge in [-0.05, 0) is 29.9 Å². The van der Waals surface area contributed by atoms with E-state index in [0.717, 1.165) is 0 Å². The van der Waals surface area contributed by atoms with Crippen LogP contribution in [0.1, 0.15) is 31.0 Å². The summed E-state index contributed by atoms with van der Waals surface area (Å²) in [6, 6.07) is 6.42. The molecule has 2 aromatic rings. The number of hydrogen-bond acceptors (Lipinski definition) is 2. The first-order valence-corrected chi connectivity index (χ1v) is 5.32. The summed E-state index contributed by atoms with van der Waals surface area (Å²) < 4.78 is 5.84. The van der Waals surface area contributed by atoms with Gasteiger partial charge in [0.1, 0.15) is 0 Å². The molecule has 0 aliphatic carbocycles. The topological polar surface area (TPSA) is 12.9 Å². The zero-order valence-electron chi connectivity index (χ0n) is 8.16. The molecule has 0 saturated heterocycles. The first-order chi connectivity index (χ1) is 6.20. The smallest absolute Gasteiger partial charge is 0.0646 e. The predicted molar refractivity (Wildman–Crippen MR) is 58.4 cm³/mol. The van der Waals surface area contributed by atoms with Crippen molar-refractivity contribution in [2.45, 2.75) is 26.7 Å². The van der Waals surface area contributed by atoms with E-state index in [4.69, 9.17) is 0 Å². The third-order valence-corrected chi connectivity index (χ3v) is 3.28. The van der Waals surface area contributed by atoms with E-state index < -0.39 is 0 Å². The van der Waals surface area contributed by atoms with E-state index >= 15 is 0 Å². The molecule has 0 spiro atoms. The molecule has 0 aliphatic heterocycles. The SMILES string of the molecule is Cc1cccc2c(C(C)C)nsc12. The zero-order valence-corrected chi connectivity index (χ0v) is 8.98. The molecule has 68 valence electrons. The molecule has 0 unspecified atom stereocenters. The predicted octanol–water partition coefficient (Wildman–Crippen LogP) is 3.73. The number of rotatable bonds is 1. The van der Waals surface area contributed by atoms with Gasteiger partial charge in [0.05, 0.1) is 10.4 Å². The fourth-order valence-electron chi connectivity index (χ4n) is 1.54. The lowest BCUT2D eigenvalue weighted by Gasteiger charge is -2.00. The van der Waals surface area contributed by atoms with Crippen LogP contribution < -0.4 is 0 Å². The standard InChI is InChI=1S/C11H13NS/c1-7(2)10-9-6-4-5-8(3)11(9)13-12-10/h4-7H,1-3H3. The van der Waals surface area contributed by atoms with Crippen LogP contribution in [0, 0.1) is 6.92 Å². The first-order valence-electron chi connectivity index (χ1n) is 4.55. The third kappa shape index (κ3) is 1.35. The molecule has 0 amide bonds. The minimum atomic E-state index is 0.524. The molecule has 0 atom stereocenters. The summed E-state index contributed by atoms with van der Waals surface area (Å²) in [5.74, 6) is 0.524. The molecule has 0 fully saturated rings. The molecule has 1 aromatic heterocycles. The van der Waals surface area contributed by atoms with Crippen LogP contribution in [0.25, 0.3) is 10.1 Å². The number of nitrogens with zero attached hydrogens (tertiary/aromatic N) is 1. The van der Waals surface area contributed by atoms with Crippen molar-refractivity contribution in [3.05, 3.63) is 29.5 Å². The van der Waals surface area contributed by atoms with Gasteiger partial charge in [0.2, 0.25) is 0 Å². The maximum Gasteiger partial charge on any atom is 0.0646 e. The number of benzene rings is 1. The van der Waals surface area contributed by atoms with Crippen molar-refractivity contribution in [1.82, 2.24) is 4.37 Å². The minimum absolute atomic E-state index is 0.524. The Morgan fingerprint density at radius 2 is 2.08 bits per heavy atom. The highest BCUT2D eigenvalue weighted by molar-refractivity contribution is 7.13. The van der Waals surface area contributed by atoms with Gasteiger partial charge < -0.3 is 0 Å². The Kier molecular flexibility index (Phi) is 2.08. The van der Waals surface area contributed by atoms with Crippen LogP contribution in [0.4, 0.5) is 0 Å². The number of fused-ring (bicyclic) bond motifs is 1. The van der Waals surface area contributed by atoms with Crippen molar-refractivity contribution in [3.63, 3.8) is 0 Å². The summed E-state index contributed by atoms with van der Waals surface area (Å²) in [5.41, 5.74) is 2.57. The molecule has 1 nitrogen and oxygen atoms in total. The molecule has 2 heteroatoms.